The van der Waals surface area contributed by atoms with E-state index in [0.29, 0.717) is 15.8 Å². The molecule has 2 aliphatic rings. The van der Waals surface area contributed by atoms with Crippen molar-refractivity contribution >= 4 is 45.8 Å². The molecule has 0 unspecified atom stereocenters. The first-order chi connectivity index (χ1) is 15.8. The number of aromatic carboxylic acids is 1. The first-order valence-electron chi connectivity index (χ1n) is 10.5. The van der Waals surface area contributed by atoms with Crippen molar-refractivity contribution in [3.8, 4) is 5.75 Å². The molecule has 4 amide bonds. The van der Waals surface area contributed by atoms with E-state index in [2.05, 4.69) is 21.2 Å². The molecule has 170 valence electrons. The zero-order chi connectivity index (χ0) is 23.5. The van der Waals surface area contributed by atoms with Crippen molar-refractivity contribution in [2.45, 2.75) is 38.3 Å². The van der Waals surface area contributed by atoms with Gasteiger partial charge in [0.2, 0.25) is 0 Å². The lowest BCUT2D eigenvalue weighted by Gasteiger charge is -2.31. The van der Waals surface area contributed by atoms with Crippen LogP contribution in [0.3, 0.4) is 0 Å². The second-order valence-corrected chi connectivity index (χ2v) is 8.77. The van der Waals surface area contributed by atoms with Crippen LogP contribution in [0.25, 0.3) is 6.08 Å². The molecule has 2 aromatic carbocycles. The summed E-state index contributed by atoms with van der Waals surface area (Å²) in [7, 11) is 0. The van der Waals surface area contributed by atoms with Crippen LogP contribution in [-0.4, -0.2) is 39.9 Å². The molecule has 0 spiro atoms. The lowest BCUT2D eigenvalue weighted by Crippen LogP contribution is -2.57. The molecule has 2 N–H and O–H groups in total. The summed E-state index contributed by atoms with van der Waals surface area (Å²) >= 11 is 3.44. The number of carbonyl (C=O) groups is 4. The Morgan fingerprint density at radius 2 is 1.82 bits per heavy atom. The van der Waals surface area contributed by atoms with Crippen molar-refractivity contribution < 1.29 is 29.0 Å². The average molecular weight is 513 g/mol. The number of nitrogens with zero attached hydrogens (tertiary/aromatic N) is 1. The van der Waals surface area contributed by atoms with Gasteiger partial charge in [-0.1, -0.05) is 31.0 Å². The number of nitrogens with one attached hydrogen (secondary N) is 1. The Morgan fingerprint density at radius 3 is 2.45 bits per heavy atom. The summed E-state index contributed by atoms with van der Waals surface area (Å²) in [5.74, 6) is -1.73. The summed E-state index contributed by atoms with van der Waals surface area (Å²) < 4.78 is 6.41. The number of hydrogen-bond donors (Lipinski definition) is 2. The minimum Gasteiger partial charge on any atom is -0.488 e. The number of ether oxygens (including phenoxy) is 1. The summed E-state index contributed by atoms with van der Waals surface area (Å²) in [5.41, 5.74) is 1.52. The van der Waals surface area contributed by atoms with Crippen LogP contribution >= 0.6 is 15.9 Å². The van der Waals surface area contributed by atoms with Gasteiger partial charge in [-0.2, -0.15) is 0 Å². The third kappa shape index (κ3) is 4.98. The second kappa shape index (κ2) is 9.58. The topological polar surface area (TPSA) is 113 Å². The smallest absolute Gasteiger partial charge is 0.335 e. The lowest BCUT2D eigenvalue weighted by molar-refractivity contribution is -0.131. The third-order valence-electron chi connectivity index (χ3n) is 5.69. The largest absolute Gasteiger partial charge is 0.488 e. The Morgan fingerprint density at radius 1 is 1.12 bits per heavy atom. The number of amides is 4. The van der Waals surface area contributed by atoms with E-state index < -0.39 is 23.8 Å². The molecule has 0 bridgehead atoms. The molecule has 0 aromatic heterocycles. The lowest BCUT2D eigenvalue weighted by atomic mass is 10.1. The number of urea groups is 1. The van der Waals surface area contributed by atoms with Crippen LogP contribution in [0.5, 0.6) is 5.75 Å². The first kappa shape index (κ1) is 22.7. The molecular weight excluding hydrogens is 492 g/mol. The minimum absolute atomic E-state index is 0.0828. The molecular formula is C24H21BrN2O6. The number of barbiturate groups is 1. The zero-order valence-electron chi connectivity index (χ0n) is 17.5. The van der Waals surface area contributed by atoms with Gasteiger partial charge in [-0.05, 0) is 70.2 Å². The molecule has 33 heavy (non-hydrogen) atoms. The number of carboxylic acids is 1. The number of rotatable bonds is 6. The van der Waals surface area contributed by atoms with Gasteiger partial charge in [0.1, 0.15) is 17.9 Å². The molecule has 2 fully saturated rings. The molecule has 1 aliphatic heterocycles. The Labute approximate surface area is 198 Å². The van der Waals surface area contributed by atoms with Gasteiger partial charge >= 0.3 is 12.0 Å². The van der Waals surface area contributed by atoms with E-state index in [1.54, 1.807) is 30.3 Å². The SMILES string of the molecule is O=C1NC(=O)N(C2CCCC2)C(=O)/C1=C/c1ccc(OCc2ccc(C(=O)O)cc2)c(Br)c1. The second-order valence-electron chi connectivity index (χ2n) is 7.91. The molecule has 1 aliphatic carbocycles. The highest BCUT2D eigenvalue weighted by atomic mass is 79.9. The number of carboxylic acid groups (broad SMARTS) is 1. The molecule has 0 atom stereocenters. The van der Waals surface area contributed by atoms with Crippen LogP contribution in [-0.2, 0) is 16.2 Å². The van der Waals surface area contributed by atoms with Crippen molar-refractivity contribution in [2.75, 3.05) is 0 Å². The Bertz CT molecular complexity index is 1150. The van der Waals surface area contributed by atoms with E-state index in [0.717, 1.165) is 31.2 Å². The number of imide groups is 2. The molecule has 8 nitrogen and oxygen atoms in total. The fourth-order valence-electron chi connectivity index (χ4n) is 3.96. The monoisotopic (exact) mass is 512 g/mol. The van der Waals surface area contributed by atoms with Gasteiger partial charge in [0.25, 0.3) is 11.8 Å². The maximum absolute atomic E-state index is 12.9. The number of hydrogen-bond acceptors (Lipinski definition) is 5. The van der Waals surface area contributed by atoms with Gasteiger partial charge in [0, 0.05) is 6.04 Å². The Hall–Kier alpha value is -3.46. The van der Waals surface area contributed by atoms with Crippen LogP contribution in [0.15, 0.2) is 52.5 Å². The molecule has 1 heterocycles. The fraction of sp³-hybridized carbons (Fsp3) is 0.250. The van der Waals surface area contributed by atoms with Crippen molar-refractivity contribution in [1.29, 1.82) is 0 Å². The highest BCUT2D eigenvalue weighted by molar-refractivity contribution is 9.10. The van der Waals surface area contributed by atoms with E-state index in [1.165, 1.54) is 23.1 Å². The van der Waals surface area contributed by atoms with Crippen molar-refractivity contribution in [3.63, 3.8) is 0 Å². The maximum Gasteiger partial charge on any atom is 0.335 e. The predicted molar refractivity (Wildman–Crippen MR) is 122 cm³/mol. The standard InChI is InChI=1S/C24H21BrN2O6/c25-19-12-15(7-10-20(19)33-13-14-5-8-16(9-6-14)23(30)31)11-18-21(28)26-24(32)27(22(18)29)17-3-1-2-4-17/h5-12,17H,1-4,13H2,(H,30,31)(H,26,28,32)/b18-11+. The molecule has 0 radical (unpaired) electrons. The van der Waals surface area contributed by atoms with E-state index in [1.807, 2.05) is 0 Å². The maximum atomic E-state index is 12.9. The highest BCUT2D eigenvalue weighted by Gasteiger charge is 2.40. The van der Waals surface area contributed by atoms with Crippen molar-refractivity contribution in [2.24, 2.45) is 0 Å². The van der Waals surface area contributed by atoms with Gasteiger partial charge in [0.15, 0.2) is 0 Å². The highest BCUT2D eigenvalue weighted by Crippen LogP contribution is 2.30. The van der Waals surface area contributed by atoms with E-state index in [-0.39, 0.29) is 23.8 Å². The number of benzene rings is 2. The number of carbonyl (C=O) groups excluding carboxylic acids is 3. The quantitative estimate of drug-likeness (QED) is 0.444. The van der Waals surface area contributed by atoms with E-state index in [9.17, 15) is 19.2 Å². The third-order valence-corrected chi connectivity index (χ3v) is 6.30. The molecule has 2 aromatic rings. The van der Waals surface area contributed by atoms with Crippen LogP contribution in [0, 0.1) is 0 Å². The van der Waals surface area contributed by atoms with Gasteiger partial charge in [0.05, 0.1) is 10.0 Å². The Kier molecular flexibility index (Phi) is 6.60. The van der Waals surface area contributed by atoms with Gasteiger partial charge in [-0.15, -0.1) is 0 Å². The summed E-state index contributed by atoms with van der Waals surface area (Å²) in [6, 6.07) is 10.7. The summed E-state index contributed by atoms with van der Waals surface area (Å²) in [4.78, 5) is 49.6. The molecule has 1 saturated carbocycles. The van der Waals surface area contributed by atoms with Crippen molar-refractivity contribution in [3.05, 3.63) is 69.2 Å². The normalized spacial score (nSPS) is 18.0. The first-order valence-corrected chi connectivity index (χ1v) is 11.3. The van der Waals surface area contributed by atoms with Gasteiger partial charge in [-0.25, -0.2) is 9.59 Å². The average Bonchev–Trinajstić information content (AvgIpc) is 3.30. The van der Waals surface area contributed by atoms with Gasteiger partial charge < -0.3 is 9.84 Å². The van der Waals surface area contributed by atoms with Crippen LogP contribution in [0.1, 0.15) is 47.2 Å². The van der Waals surface area contributed by atoms with Crippen LogP contribution in [0.2, 0.25) is 0 Å². The number of halogens is 1. The van der Waals surface area contributed by atoms with E-state index >= 15 is 0 Å². The van der Waals surface area contributed by atoms with Crippen molar-refractivity contribution in [1.82, 2.24) is 10.2 Å². The predicted octanol–water partition coefficient (Wildman–Crippen LogP) is 4.13. The minimum atomic E-state index is -0.990. The molecule has 1 saturated heterocycles. The Balaban J connectivity index is 1.48. The summed E-state index contributed by atoms with van der Waals surface area (Å²) in [6.45, 7) is 0.234. The summed E-state index contributed by atoms with van der Waals surface area (Å²) in [6.07, 6.45) is 4.86. The van der Waals surface area contributed by atoms with Crippen LogP contribution in [0.4, 0.5) is 4.79 Å². The molecule has 9 heteroatoms. The van der Waals surface area contributed by atoms with Crippen LogP contribution < -0.4 is 10.1 Å². The van der Waals surface area contributed by atoms with E-state index in [4.69, 9.17) is 9.84 Å². The zero-order valence-corrected chi connectivity index (χ0v) is 19.1. The summed E-state index contributed by atoms with van der Waals surface area (Å²) in [5, 5.41) is 11.2. The van der Waals surface area contributed by atoms with Gasteiger partial charge in [-0.3, -0.25) is 19.8 Å². The molecule has 4 rings (SSSR count). The fourth-order valence-corrected chi connectivity index (χ4v) is 4.47.